The fraction of sp³-hybridized carbons (Fsp3) is 0.364. The Kier molecular flexibility index (Phi) is 3.81. The molecule has 2 aliphatic rings. The molecule has 5 heterocycles. The van der Waals surface area contributed by atoms with Gasteiger partial charge in [-0.15, -0.1) is 0 Å². The van der Waals surface area contributed by atoms with Crippen molar-refractivity contribution in [1.29, 1.82) is 0 Å². The molecule has 0 bridgehead atoms. The number of amides is 1. The van der Waals surface area contributed by atoms with Crippen molar-refractivity contribution in [2.45, 2.75) is 38.8 Å². The highest BCUT2D eigenvalue weighted by molar-refractivity contribution is 5.86. The van der Waals surface area contributed by atoms with E-state index in [0.717, 1.165) is 59.5 Å². The third-order valence-corrected chi connectivity index (χ3v) is 6.15. The fourth-order valence-electron chi connectivity index (χ4n) is 4.69. The normalized spacial score (nSPS) is 19.0. The maximum Gasteiger partial charge on any atom is 0.299 e. The van der Waals surface area contributed by atoms with Crippen LogP contribution in [-0.4, -0.2) is 49.5 Å². The number of hydrogen-bond donors (Lipinski definition) is 0. The molecule has 1 saturated heterocycles. The smallest absolute Gasteiger partial charge is 0.299 e. The molecule has 1 fully saturated rings. The summed E-state index contributed by atoms with van der Waals surface area (Å²) in [7, 11) is 0. The zero-order valence-electron chi connectivity index (χ0n) is 16.8. The summed E-state index contributed by atoms with van der Waals surface area (Å²) in [6, 6.07) is 10.0. The number of fused-ring (bicyclic) bond motifs is 4. The van der Waals surface area contributed by atoms with Crippen LogP contribution in [0.4, 0.5) is 6.01 Å². The number of nitrogens with zero attached hydrogens (tertiary/aromatic N) is 6. The summed E-state index contributed by atoms with van der Waals surface area (Å²) in [6.45, 7) is 4.00. The number of anilines is 1. The lowest BCUT2D eigenvalue weighted by Gasteiger charge is -2.33. The average Bonchev–Trinajstić information content (AvgIpc) is 3.49. The molecule has 1 aromatic carbocycles. The van der Waals surface area contributed by atoms with Crippen LogP contribution in [0.5, 0.6) is 0 Å². The maximum absolute atomic E-state index is 13.4. The van der Waals surface area contributed by atoms with Gasteiger partial charge in [-0.05, 0) is 31.9 Å². The van der Waals surface area contributed by atoms with E-state index in [-0.39, 0.29) is 11.9 Å². The minimum absolute atomic E-state index is 0.136. The van der Waals surface area contributed by atoms with Crippen molar-refractivity contribution in [3.63, 3.8) is 0 Å². The van der Waals surface area contributed by atoms with Crippen molar-refractivity contribution in [2.24, 2.45) is 0 Å². The van der Waals surface area contributed by atoms with Crippen LogP contribution >= 0.6 is 0 Å². The zero-order chi connectivity index (χ0) is 20.2. The SMILES string of the molecule is Cc1cc2ncc3c(n2n1)CCN(C(=O)C1CCCN1c1nc2ccccc2o1)C3. The number of aromatic nitrogens is 4. The molecule has 3 aromatic heterocycles. The van der Waals surface area contributed by atoms with Crippen molar-refractivity contribution in [2.75, 3.05) is 18.0 Å². The van der Waals surface area contributed by atoms with Crippen LogP contribution in [-0.2, 0) is 17.8 Å². The third kappa shape index (κ3) is 2.67. The van der Waals surface area contributed by atoms with Crippen molar-refractivity contribution < 1.29 is 9.21 Å². The summed E-state index contributed by atoms with van der Waals surface area (Å²) >= 11 is 0. The van der Waals surface area contributed by atoms with E-state index in [9.17, 15) is 4.79 Å². The summed E-state index contributed by atoms with van der Waals surface area (Å²) in [6.07, 6.45) is 4.43. The van der Waals surface area contributed by atoms with Gasteiger partial charge in [-0.1, -0.05) is 12.1 Å². The molecule has 1 amide bonds. The molecule has 1 unspecified atom stereocenters. The van der Waals surface area contributed by atoms with E-state index in [2.05, 4.69) is 15.1 Å². The Labute approximate surface area is 173 Å². The lowest BCUT2D eigenvalue weighted by Crippen LogP contribution is -2.47. The van der Waals surface area contributed by atoms with E-state index in [1.807, 2.05) is 57.8 Å². The highest BCUT2D eigenvalue weighted by Gasteiger charge is 2.37. The molecule has 4 aromatic rings. The maximum atomic E-state index is 13.4. The largest absolute Gasteiger partial charge is 0.423 e. The Morgan fingerprint density at radius 3 is 3.03 bits per heavy atom. The number of para-hydroxylation sites is 2. The van der Waals surface area contributed by atoms with Gasteiger partial charge in [0.05, 0.1) is 11.4 Å². The highest BCUT2D eigenvalue weighted by Crippen LogP contribution is 2.30. The number of benzene rings is 1. The topological polar surface area (TPSA) is 79.8 Å². The second-order valence-corrected chi connectivity index (χ2v) is 8.11. The lowest BCUT2D eigenvalue weighted by atomic mass is 10.1. The summed E-state index contributed by atoms with van der Waals surface area (Å²) in [5.74, 6) is 0.136. The Hall–Kier alpha value is -3.42. The summed E-state index contributed by atoms with van der Waals surface area (Å²) in [4.78, 5) is 26.5. The molecule has 152 valence electrons. The Morgan fingerprint density at radius 1 is 1.23 bits per heavy atom. The molecule has 0 N–H and O–H groups in total. The van der Waals surface area contributed by atoms with Crippen LogP contribution in [0.3, 0.4) is 0 Å². The van der Waals surface area contributed by atoms with Crippen molar-refractivity contribution in [3.05, 3.63) is 53.5 Å². The zero-order valence-corrected chi connectivity index (χ0v) is 16.8. The van der Waals surface area contributed by atoms with Gasteiger partial charge in [-0.3, -0.25) is 4.79 Å². The van der Waals surface area contributed by atoms with Gasteiger partial charge in [0.1, 0.15) is 11.6 Å². The first-order chi connectivity index (χ1) is 14.7. The number of carbonyl (C=O) groups is 1. The van der Waals surface area contributed by atoms with E-state index in [4.69, 9.17) is 4.42 Å². The molecular formula is C22H22N6O2. The molecule has 8 heteroatoms. The summed E-state index contributed by atoms with van der Waals surface area (Å²) in [5.41, 5.74) is 5.61. The lowest BCUT2D eigenvalue weighted by molar-refractivity contribution is -0.133. The molecule has 0 saturated carbocycles. The quantitative estimate of drug-likeness (QED) is 0.513. The number of hydrogen-bond acceptors (Lipinski definition) is 6. The van der Waals surface area contributed by atoms with Gasteiger partial charge in [-0.25, -0.2) is 9.50 Å². The highest BCUT2D eigenvalue weighted by atomic mass is 16.4. The van der Waals surface area contributed by atoms with E-state index in [1.54, 1.807) is 0 Å². The first-order valence-electron chi connectivity index (χ1n) is 10.4. The predicted octanol–water partition coefficient (Wildman–Crippen LogP) is 2.73. The number of rotatable bonds is 2. The number of aryl methyl sites for hydroxylation is 1. The molecular weight excluding hydrogens is 380 g/mol. The van der Waals surface area contributed by atoms with Crippen molar-refractivity contribution >= 4 is 28.7 Å². The molecule has 1 atom stereocenters. The first-order valence-corrected chi connectivity index (χ1v) is 10.4. The molecule has 6 rings (SSSR count). The predicted molar refractivity (Wildman–Crippen MR) is 111 cm³/mol. The number of oxazole rings is 1. The minimum atomic E-state index is -0.233. The van der Waals surface area contributed by atoms with Gasteiger partial charge in [0.25, 0.3) is 6.01 Å². The molecule has 0 radical (unpaired) electrons. The Morgan fingerprint density at radius 2 is 2.13 bits per heavy atom. The molecule has 8 nitrogen and oxygen atoms in total. The second kappa shape index (κ2) is 6.55. The van der Waals surface area contributed by atoms with Crippen LogP contribution in [0.2, 0.25) is 0 Å². The van der Waals surface area contributed by atoms with E-state index in [1.165, 1.54) is 0 Å². The van der Waals surface area contributed by atoms with Crippen molar-refractivity contribution in [3.8, 4) is 0 Å². The summed E-state index contributed by atoms with van der Waals surface area (Å²) < 4.78 is 7.87. The second-order valence-electron chi connectivity index (χ2n) is 8.11. The molecule has 2 aliphatic heterocycles. The van der Waals surface area contributed by atoms with Crippen LogP contribution in [0.25, 0.3) is 16.7 Å². The average molecular weight is 402 g/mol. The minimum Gasteiger partial charge on any atom is -0.423 e. The van der Waals surface area contributed by atoms with Gasteiger partial charge >= 0.3 is 0 Å². The van der Waals surface area contributed by atoms with Crippen LogP contribution in [0, 0.1) is 6.92 Å². The fourth-order valence-corrected chi connectivity index (χ4v) is 4.69. The molecule has 0 spiro atoms. The van der Waals surface area contributed by atoms with Gasteiger partial charge in [0.2, 0.25) is 5.91 Å². The van der Waals surface area contributed by atoms with Gasteiger partial charge in [-0.2, -0.15) is 10.1 Å². The van der Waals surface area contributed by atoms with Gasteiger partial charge in [0.15, 0.2) is 11.2 Å². The van der Waals surface area contributed by atoms with E-state index >= 15 is 0 Å². The van der Waals surface area contributed by atoms with Crippen LogP contribution in [0.15, 0.2) is 40.9 Å². The van der Waals surface area contributed by atoms with Gasteiger partial charge in [0, 0.05) is 43.9 Å². The van der Waals surface area contributed by atoms with Gasteiger partial charge < -0.3 is 14.2 Å². The van der Waals surface area contributed by atoms with E-state index in [0.29, 0.717) is 19.1 Å². The number of carbonyl (C=O) groups excluding carboxylic acids is 1. The molecule has 0 aliphatic carbocycles. The van der Waals surface area contributed by atoms with Crippen LogP contribution < -0.4 is 4.90 Å². The monoisotopic (exact) mass is 402 g/mol. The standard InChI is InChI=1S/C22H22N6O2/c1-14-11-20-23-12-15-13-26(10-8-17(15)28(20)25-14)21(29)18-6-4-9-27(18)22-24-16-5-2-3-7-19(16)30-22/h2-3,5,7,11-12,18H,4,6,8-10,13H2,1H3. The Bertz CT molecular complexity index is 1240. The summed E-state index contributed by atoms with van der Waals surface area (Å²) in [5, 5.41) is 4.57. The first kappa shape index (κ1) is 17.4. The van der Waals surface area contributed by atoms with Crippen molar-refractivity contribution in [1.82, 2.24) is 24.5 Å². The molecule has 30 heavy (non-hydrogen) atoms. The Balaban J connectivity index is 1.27. The third-order valence-electron chi connectivity index (χ3n) is 6.15. The van der Waals surface area contributed by atoms with Crippen LogP contribution in [0.1, 0.15) is 29.8 Å². The van der Waals surface area contributed by atoms with E-state index < -0.39 is 0 Å².